The molecule has 0 radical (unpaired) electrons. The van der Waals surface area contributed by atoms with Crippen LogP contribution in [0.25, 0.3) is 0 Å². The largest absolute Gasteiger partial charge is 0.491 e. The van der Waals surface area contributed by atoms with Gasteiger partial charge in [-0.05, 0) is 47.6 Å². The molecule has 4 aliphatic heterocycles. The maximum absolute atomic E-state index is 16.4. The molecule has 2 N–H and O–H groups in total. The fraction of sp³-hybridized carbons (Fsp3) is 0.408. The van der Waals surface area contributed by atoms with Crippen LogP contribution in [0.3, 0.4) is 0 Å². The average molecular weight is 843 g/mol. The lowest BCUT2D eigenvalue weighted by Gasteiger charge is -2.46. The Hall–Kier alpha value is -6.05. The number of esters is 2. The van der Waals surface area contributed by atoms with Crippen LogP contribution >= 0.6 is 0 Å². The first-order valence-corrected chi connectivity index (χ1v) is 21.7. The second-order valence-corrected chi connectivity index (χ2v) is 16.8. The Morgan fingerprint density at radius 3 is 2.08 bits per heavy atom. The number of fused-ring (bicyclic) bond motifs is 3. The van der Waals surface area contributed by atoms with Crippen LogP contribution in [0.2, 0.25) is 0 Å². The fourth-order valence-corrected chi connectivity index (χ4v) is 10.3. The van der Waals surface area contributed by atoms with E-state index in [1.54, 1.807) is 55.1 Å². The summed E-state index contributed by atoms with van der Waals surface area (Å²) in [7, 11) is 1.23. The number of hydrogen-bond acceptors (Lipinski definition) is 10. The zero-order chi connectivity index (χ0) is 43.5. The quantitative estimate of drug-likeness (QED) is 0.171. The number of likely N-dealkylation sites (tertiary alicyclic amines) is 1. The van der Waals surface area contributed by atoms with Gasteiger partial charge in [-0.15, -0.1) is 0 Å². The van der Waals surface area contributed by atoms with Gasteiger partial charge in [-0.1, -0.05) is 130 Å². The van der Waals surface area contributed by atoms with E-state index < -0.39 is 71.4 Å². The summed E-state index contributed by atoms with van der Waals surface area (Å²) >= 11 is 0. The number of anilines is 1. The van der Waals surface area contributed by atoms with E-state index >= 15 is 14.4 Å². The number of amides is 4. The standard InChI is InChI=1S/C49H54N4O9/c1-31(2)39(45(56)60-3)50-48(59)52-36-25-15-14-24-35(36)49(47(52)58)38(44(55)51-27-17-5-4-6-18-28-51)41-46(57)62-42(33-21-11-8-12-22-33)40(32-19-9-7-10-20-32)53(41)43(49)34-23-13-16-26-37(34)61-30-29-54/h7-16,19-26,31,38-43,54H,4-6,17-18,27-30H2,1-3H3,(H,50,59)/t38-,39-,40-,41-,42+,43+,49-/m0/s1. The Balaban J connectivity index is 1.44. The maximum Gasteiger partial charge on any atom is 0.329 e. The van der Waals surface area contributed by atoms with E-state index in [-0.39, 0.29) is 24.8 Å². The third kappa shape index (κ3) is 7.30. The van der Waals surface area contributed by atoms with Crippen LogP contribution in [0, 0.1) is 11.8 Å². The highest BCUT2D eigenvalue weighted by molar-refractivity contribution is 6.25. The van der Waals surface area contributed by atoms with Gasteiger partial charge >= 0.3 is 18.0 Å². The minimum Gasteiger partial charge on any atom is -0.491 e. The summed E-state index contributed by atoms with van der Waals surface area (Å²) in [6.45, 7) is 4.00. The Kier molecular flexibility index (Phi) is 12.5. The third-order valence-corrected chi connectivity index (χ3v) is 13.0. The van der Waals surface area contributed by atoms with Crippen LogP contribution in [0.4, 0.5) is 10.5 Å². The Labute approximate surface area is 361 Å². The van der Waals surface area contributed by atoms with Crippen LogP contribution in [0.15, 0.2) is 109 Å². The predicted octanol–water partition coefficient (Wildman–Crippen LogP) is 6.42. The summed E-state index contributed by atoms with van der Waals surface area (Å²) in [5.41, 5.74) is 0.612. The topological polar surface area (TPSA) is 155 Å². The summed E-state index contributed by atoms with van der Waals surface area (Å²) in [6, 6.07) is 27.9. The number of imide groups is 1. The van der Waals surface area contributed by atoms with E-state index in [2.05, 4.69) is 5.32 Å². The number of methoxy groups -OCH3 is 1. The Morgan fingerprint density at radius 1 is 0.806 bits per heavy atom. The number of benzene rings is 4. The number of nitrogens with zero attached hydrogens (tertiary/aromatic N) is 3. The highest BCUT2D eigenvalue weighted by Crippen LogP contribution is 2.66. The number of carbonyl (C=O) groups excluding carboxylic acids is 5. The molecule has 13 heteroatoms. The van der Waals surface area contributed by atoms with Crippen LogP contribution in [-0.4, -0.2) is 90.2 Å². The molecule has 8 rings (SSSR count). The van der Waals surface area contributed by atoms with Crippen molar-refractivity contribution in [2.75, 3.05) is 38.3 Å². The minimum absolute atomic E-state index is 0.0731. The van der Waals surface area contributed by atoms with Gasteiger partial charge in [-0.3, -0.25) is 19.3 Å². The molecule has 0 aromatic heterocycles. The van der Waals surface area contributed by atoms with E-state index in [1.165, 1.54) is 7.11 Å². The first kappa shape index (κ1) is 42.6. The van der Waals surface area contributed by atoms with Crippen molar-refractivity contribution in [3.8, 4) is 5.75 Å². The van der Waals surface area contributed by atoms with Gasteiger partial charge in [0.15, 0.2) is 0 Å². The van der Waals surface area contributed by atoms with Crippen molar-refractivity contribution >= 4 is 35.5 Å². The van der Waals surface area contributed by atoms with Gasteiger partial charge in [0.1, 0.15) is 36.0 Å². The van der Waals surface area contributed by atoms with Gasteiger partial charge in [0, 0.05) is 18.7 Å². The molecular formula is C49H54N4O9. The van der Waals surface area contributed by atoms with Gasteiger partial charge in [-0.25, -0.2) is 14.5 Å². The third-order valence-electron chi connectivity index (χ3n) is 13.0. The molecule has 0 saturated carbocycles. The molecule has 4 amide bonds. The maximum atomic E-state index is 16.4. The van der Waals surface area contributed by atoms with Crippen LogP contribution in [0.5, 0.6) is 5.75 Å². The fourth-order valence-electron chi connectivity index (χ4n) is 10.3. The molecule has 3 saturated heterocycles. The Bertz CT molecular complexity index is 2280. The number of morpholine rings is 1. The number of rotatable bonds is 10. The van der Waals surface area contributed by atoms with Gasteiger partial charge in [0.05, 0.1) is 37.4 Å². The average Bonchev–Trinajstić information content (AvgIpc) is 3.73. The van der Waals surface area contributed by atoms with Crippen molar-refractivity contribution in [3.63, 3.8) is 0 Å². The van der Waals surface area contributed by atoms with Crippen molar-refractivity contribution < 1.29 is 43.3 Å². The summed E-state index contributed by atoms with van der Waals surface area (Å²) in [5, 5.41) is 12.8. The zero-order valence-electron chi connectivity index (χ0n) is 35.4. The van der Waals surface area contributed by atoms with E-state index in [4.69, 9.17) is 14.2 Å². The number of aliphatic hydroxyl groups is 1. The number of hydrogen-bond donors (Lipinski definition) is 2. The normalized spacial score (nSPS) is 25.3. The molecular weight excluding hydrogens is 789 g/mol. The number of carbonyl (C=O) groups is 5. The highest BCUT2D eigenvalue weighted by Gasteiger charge is 2.76. The first-order chi connectivity index (χ1) is 30.1. The highest BCUT2D eigenvalue weighted by atomic mass is 16.6. The molecule has 4 heterocycles. The number of cyclic esters (lactones) is 1. The minimum atomic E-state index is -1.95. The molecule has 0 aliphatic carbocycles. The smallest absolute Gasteiger partial charge is 0.329 e. The molecule has 4 aromatic rings. The van der Waals surface area contributed by atoms with Crippen molar-refractivity contribution in [1.82, 2.24) is 15.1 Å². The lowest BCUT2D eigenvalue weighted by molar-refractivity contribution is -0.179. The van der Waals surface area contributed by atoms with E-state index in [1.807, 2.05) is 77.7 Å². The molecule has 4 aromatic carbocycles. The number of aliphatic hydroxyl groups excluding tert-OH is 1. The SMILES string of the molecule is COC(=O)[C@@H](NC(=O)N1C(=O)[C@@]2(c3ccccc31)[C@H](C(=O)N1CCCCCCC1)[C@H]1C(=O)O[C@H](c3ccccc3)[C@H](c3ccccc3)N1[C@@H]2c1ccccc1OCCO)C(C)C. The van der Waals surface area contributed by atoms with Crippen LogP contribution in [-0.2, 0) is 34.1 Å². The number of para-hydroxylation sites is 2. The second-order valence-electron chi connectivity index (χ2n) is 16.8. The second kappa shape index (κ2) is 18.1. The van der Waals surface area contributed by atoms with Gasteiger partial charge < -0.3 is 29.5 Å². The summed E-state index contributed by atoms with van der Waals surface area (Å²) < 4.78 is 17.9. The Morgan fingerprint density at radius 2 is 1.42 bits per heavy atom. The van der Waals surface area contributed by atoms with E-state index in [0.29, 0.717) is 35.5 Å². The lowest BCUT2D eigenvalue weighted by atomic mass is 9.65. The van der Waals surface area contributed by atoms with Gasteiger partial charge in [0.2, 0.25) is 11.8 Å². The van der Waals surface area contributed by atoms with Crippen LogP contribution < -0.4 is 15.0 Å². The van der Waals surface area contributed by atoms with Crippen molar-refractivity contribution in [1.29, 1.82) is 0 Å². The first-order valence-electron chi connectivity index (χ1n) is 21.7. The number of nitrogens with one attached hydrogen (secondary N) is 1. The van der Waals surface area contributed by atoms with E-state index in [0.717, 1.165) is 42.6 Å². The van der Waals surface area contributed by atoms with Crippen LogP contribution in [0.1, 0.15) is 86.4 Å². The summed E-state index contributed by atoms with van der Waals surface area (Å²) in [4.78, 5) is 80.4. The molecule has 1 spiro atoms. The molecule has 0 unspecified atom stereocenters. The molecule has 62 heavy (non-hydrogen) atoms. The van der Waals surface area contributed by atoms with Gasteiger partial charge in [0.25, 0.3) is 0 Å². The summed E-state index contributed by atoms with van der Waals surface area (Å²) in [5.74, 6) is -3.95. The van der Waals surface area contributed by atoms with E-state index in [9.17, 15) is 14.7 Å². The molecule has 324 valence electrons. The monoisotopic (exact) mass is 842 g/mol. The molecule has 3 fully saturated rings. The molecule has 7 atom stereocenters. The number of ether oxygens (including phenoxy) is 3. The van der Waals surface area contributed by atoms with Crippen molar-refractivity contribution in [3.05, 3.63) is 131 Å². The van der Waals surface area contributed by atoms with Crippen molar-refractivity contribution in [2.24, 2.45) is 11.8 Å². The van der Waals surface area contributed by atoms with Gasteiger partial charge in [-0.2, -0.15) is 0 Å². The lowest BCUT2D eigenvalue weighted by Crippen LogP contribution is -2.58. The predicted molar refractivity (Wildman–Crippen MR) is 230 cm³/mol. The van der Waals surface area contributed by atoms with Crippen molar-refractivity contribution in [2.45, 2.75) is 81.6 Å². The molecule has 13 nitrogen and oxygen atoms in total. The molecule has 4 aliphatic rings. The number of urea groups is 1. The summed E-state index contributed by atoms with van der Waals surface area (Å²) in [6.07, 6.45) is 3.51. The molecule has 0 bridgehead atoms. The zero-order valence-corrected chi connectivity index (χ0v) is 35.4.